The Bertz CT molecular complexity index is 536. The number of sulfonamides is 1. The summed E-state index contributed by atoms with van der Waals surface area (Å²) in [6.45, 7) is 7.66. The zero-order chi connectivity index (χ0) is 14.0. The average Bonchev–Trinajstić information content (AvgIpc) is 2.93. The van der Waals surface area contributed by atoms with Gasteiger partial charge in [0.1, 0.15) is 16.4 Å². The summed E-state index contributed by atoms with van der Waals surface area (Å²) in [5, 5.41) is 3.13. The Morgan fingerprint density at radius 1 is 1.53 bits per heavy atom. The predicted molar refractivity (Wildman–Crippen MR) is 73.4 cm³/mol. The molecule has 1 atom stereocenters. The molecular weight excluding hydrogens is 264 g/mol. The number of aryl methyl sites for hydroxylation is 1. The van der Waals surface area contributed by atoms with Gasteiger partial charge in [0.2, 0.25) is 10.0 Å². The molecule has 0 saturated carbocycles. The van der Waals surface area contributed by atoms with E-state index in [4.69, 9.17) is 4.42 Å². The molecule has 5 nitrogen and oxygen atoms in total. The molecule has 0 bridgehead atoms. The largest absolute Gasteiger partial charge is 0.464 e. The van der Waals surface area contributed by atoms with E-state index in [-0.39, 0.29) is 6.04 Å². The molecule has 1 N–H and O–H groups in total. The minimum Gasteiger partial charge on any atom is -0.464 e. The fourth-order valence-electron chi connectivity index (χ4n) is 2.51. The van der Waals surface area contributed by atoms with Gasteiger partial charge in [0.05, 0.1) is 6.54 Å². The fraction of sp³-hybridized carbons (Fsp3) is 0.692. The number of rotatable bonds is 5. The van der Waals surface area contributed by atoms with Gasteiger partial charge in [-0.3, -0.25) is 0 Å². The summed E-state index contributed by atoms with van der Waals surface area (Å²) in [4.78, 5) is 0.314. The lowest BCUT2D eigenvalue weighted by molar-refractivity contribution is 0.405. The Morgan fingerprint density at radius 3 is 2.84 bits per heavy atom. The van der Waals surface area contributed by atoms with Crippen LogP contribution < -0.4 is 5.32 Å². The van der Waals surface area contributed by atoms with E-state index >= 15 is 0 Å². The molecule has 1 aromatic rings. The summed E-state index contributed by atoms with van der Waals surface area (Å²) >= 11 is 0. The number of hydrogen-bond acceptors (Lipinski definition) is 4. The lowest BCUT2D eigenvalue weighted by Crippen LogP contribution is -2.33. The van der Waals surface area contributed by atoms with E-state index in [1.54, 1.807) is 17.3 Å². The zero-order valence-electron chi connectivity index (χ0n) is 11.8. The molecule has 108 valence electrons. The van der Waals surface area contributed by atoms with Crippen molar-refractivity contribution in [2.24, 2.45) is 0 Å². The molecule has 1 fully saturated rings. The summed E-state index contributed by atoms with van der Waals surface area (Å²) < 4.78 is 32.3. The highest BCUT2D eigenvalue weighted by molar-refractivity contribution is 7.89. The summed E-state index contributed by atoms with van der Waals surface area (Å²) in [5.41, 5.74) is 0. The van der Waals surface area contributed by atoms with Crippen molar-refractivity contribution in [2.45, 2.75) is 51.1 Å². The number of nitrogens with one attached hydrogen (secondary N) is 1. The summed E-state index contributed by atoms with van der Waals surface area (Å²) in [5.74, 6) is 1.15. The van der Waals surface area contributed by atoms with Gasteiger partial charge in [-0.15, -0.1) is 0 Å². The highest BCUT2D eigenvalue weighted by Crippen LogP contribution is 2.29. The predicted octanol–water partition coefficient (Wildman–Crippen LogP) is 1.87. The van der Waals surface area contributed by atoms with Crippen molar-refractivity contribution in [1.29, 1.82) is 0 Å². The van der Waals surface area contributed by atoms with Gasteiger partial charge in [0.25, 0.3) is 0 Å². The Labute approximate surface area is 115 Å². The van der Waals surface area contributed by atoms with E-state index < -0.39 is 10.0 Å². The number of hydrogen-bond donors (Lipinski definition) is 1. The molecule has 0 spiro atoms. The van der Waals surface area contributed by atoms with E-state index in [0.29, 0.717) is 29.5 Å². The topological polar surface area (TPSA) is 62.6 Å². The molecule has 1 aliphatic heterocycles. The molecule has 0 aliphatic carbocycles. The molecule has 0 aromatic carbocycles. The maximum atomic E-state index is 12.6. The van der Waals surface area contributed by atoms with Crippen LogP contribution in [0.15, 0.2) is 15.4 Å². The second kappa shape index (κ2) is 5.64. The minimum atomic E-state index is -3.41. The Morgan fingerprint density at radius 2 is 2.26 bits per heavy atom. The van der Waals surface area contributed by atoms with Gasteiger partial charge in [-0.1, -0.05) is 6.92 Å². The smallest absolute Gasteiger partial charge is 0.246 e. The van der Waals surface area contributed by atoms with Crippen LogP contribution in [0.1, 0.15) is 38.2 Å². The second-order valence-electron chi connectivity index (χ2n) is 5.02. The van der Waals surface area contributed by atoms with Gasteiger partial charge in [0.15, 0.2) is 0 Å². The lowest BCUT2D eigenvalue weighted by atomic mass is 10.3. The summed E-state index contributed by atoms with van der Waals surface area (Å²) in [6.07, 6.45) is 1.86. The van der Waals surface area contributed by atoms with E-state index in [9.17, 15) is 8.42 Å². The third-order valence-electron chi connectivity index (χ3n) is 3.55. The highest BCUT2D eigenvalue weighted by Gasteiger charge is 2.34. The minimum absolute atomic E-state index is 0.0801. The normalized spacial score (nSPS) is 21.1. The SMILES string of the molecule is CCNCc1cc(S(=O)(=O)N2CCCC2C)c(C)o1. The van der Waals surface area contributed by atoms with Gasteiger partial charge in [-0.25, -0.2) is 8.42 Å². The first-order valence-electron chi connectivity index (χ1n) is 6.78. The van der Waals surface area contributed by atoms with E-state index in [1.165, 1.54) is 0 Å². The maximum absolute atomic E-state index is 12.6. The molecule has 0 radical (unpaired) electrons. The Hall–Kier alpha value is -0.850. The monoisotopic (exact) mass is 286 g/mol. The molecule has 1 aliphatic rings. The van der Waals surface area contributed by atoms with E-state index in [0.717, 1.165) is 19.4 Å². The molecule has 1 saturated heterocycles. The molecule has 2 rings (SSSR count). The van der Waals surface area contributed by atoms with Crippen molar-refractivity contribution in [3.63, 3.8) is 0 Å². The van der Waals surface area contributed by atoms with Crippen LogP contribution in [-0.4, -0.2) is 31.9 Å². The van der Waals surface area contributed by atoms with Crippen molar-refractivity contribution in [1.82, 2.24) is 9.62 Å². The van der Waals surface area contributed by atoms with Crippen molar-refractivity contribution in [3.8, 4) is 0 Å². The molecule has 1 unspecified atom stereocenters. The van der Waals surface area contributed by atoms with Crippen LogP contribution >= 0.6 is 0 Å². The molecule has 19 heavy (non-hydrogen) atoms. The van der Waals surface area contributed by atoms with Crippen LogP contribution in [0.2, 0.25) is 0 Å². The van der Waals surface area contributed by atoms with Crippen LogP contribution in [-0.2, 0) is 16.6 Å². The van der Waals surface area contributed by atoms with Crippen LogP contribution in [0, 0.1) is 6.92 Å². The molecule has 0 amide bonds. The van der Waals surface area contributed by atoms with Crippen molar-refractivity contribution < 1.29 is 12.8 Å². The first kappa shape index (κ1) is 14.6. The van der Waals surface area contributed by atoms with Gasteiger partial charge in [-0.05, 0) is 33.2 Å². The van der Waals surface area contributed by atoms with Crippen LogP contribution in [0.4, 0.5) is 0 Å². The van der Waals surface area contributed by atoms with Crippen molar-refractivity contribution >= 4 is 10.0 Å². The lowest BCUT2D eigenvalue weighted by Gasteiger charge is -2.20. The maximum Gasteiger partial charge on any atom is 0.246 e. The van der Waals surface area contributed by atoms with Gasteiger partial charge >= 0.3 is 0 Å². The van der Waals surface area contributed by atoms with Crippen molar-refractivity contribution in [3.05, 3.63) is 17.6 Å². The summed E-state index contributed by atoms with van der Waals surface area (Å²) in [6, 6.07) is 1.73. The van der Waals surface area contributed by atoms with Gasteiger partial charge in [-0.2, -0.15) is 4.31 Å². The van der Waals surface area contributed by atoms with E-state index in [2.05, 4.69) is 5.32 Å². The zero-order valence-corrected chi connectivity index (χ0v) is 12.6. The van der Waals surface area contributed by atoms with Crippen LogP contribution in [0.25, 0.3) is 0 Å². The van der Waals surface area contributed by atoms with Crippen LogP contribution in [0.5, 0.6) is 0 Å². The number of nitrogens with zero attached hydrogens (tertiary/aromatic N) is 1. The Balaban J connectivity index is 2.27. The summed E-state index contributed by atoms with van der Waals surface area (Å²) in [7, 11) is -3.41. The first-order chi connectivity index (χ1) is 8.96. The molecule has 1 aromatic heterocycles. The van der Waals surface area contributed by atoms with Gasteiger partial charge in [0, 0.05) is 18.7 Å². The van der Waals surface area contributed by atoms with Gasteiger partial charge < -0.3 is 9.73 Å². The average molecular weight is 286 g/mol. The molecular formula is C13H22N2O3S. The molecule has 6 heteroatoms. The second-order valence-corrected chi connectivity index (χ2v) is 6.88. The third kappa shape index (κ3) is 2.85. The standard InChI is InChI=1S/C13H22N2O3S/c1-4-14-9-12-8-13(11(3)18-12)19(16,17)15-7-5-6-10(15)2/h8,10,14H,4-7,9H2,1-3H3. The Kier molecular flexibility index (Phi) is 4.32. The quantitative estimate of drug-likeness (QED) is 0.897. The van der Waals surface area contributed by atoms with Crippen LogP contribution in [0.3, 0.4) is 0 Å². The van der Waals surface area contributed by atoms with Crippen molar-refractivity contribution in [2.75, 3.05) is 13.1 Å². The highest BCUT2D eigenvalue weighted by atomic mass is 32.2. The molecule has 2 heterocycles. The number of furan rings is 1. The fourth-order valence-corrected chi connectivity index (χ4v) is 4.39. The third-order valence-corrected chi connectivity index (χ3v) is 5.67. The first-order valence-corrected chi connectivity index (χ1v) is 8.22. The van der Waals surface area contributed by atoms with E-state index in [1.807, 2.05) is 13.8 Å².